The van der Waals surface area contributed by atoms with Crippen molar-refractivity contribution < 1.29 is 49.0 Å². The predicted molar refractivity (Wildman–Crippen MR) is 120 cm³/mol. The Morgan fingerprint density at radius 3 is 2.47 bits per heavy atom. The van der Waals surface area contributed by atoms with Gasteiger partial charge in [-0.3, -0.25) is 4.79 Å². The summed E-state index contributed by atoms with van der Waals surface area (Å²) < 4.78 is 114. The van der Waals surface area contributed by atoms with Crippen LogP contribution in [0, 0.1) is 0 Å². The van der Waals surface area contributed by atoms with Crippen LogP contribution in [0.4, 0.5) is 26.3 Å². The van der Waals surface area contributed by atoms with Crippen molar-refractivity contribution >= 4 is 21.3 Å². The van der Waals surface area contributed by atoms with E-state index in [4.69, 9.17) is 4.74 Å². The molecule has 0 atom stereocenters. The van der Waals surface area contributed by atoms with Crippen LogP contribution in [0.5, 0.6) is 17.4 Å². The Balaban J connectivity index is 1.65. The van der Waals surface area contributed by atoms with Crippen molar-refractivity contribution in [3.63, 3.8) is 0 Å². The molecule has 3 aromatic heterocycles. The topological polar surface area (TPSA) is 112 Å². The summed E-state index contributed by atoms with van der Waals surface area (Å²) in [4.78, 5) is 16.7. The van der Waals surface area contributed by atoms with Crippen molar-refractivity contribution in [2.45, 2.75) is 37.7 Å². The standard InChI is InChI=1S/C22H20F6N4O5S/c1-20(5-9-38(34,35)10-6-20)30-18(33)17-16(22(26,27)28)14-11-13(4-8-32(14)31-17)37-19-15(3-2-7-29-19)36-12-21(23,24)25/h2-4,7-8,11H,5-6,9-10,12H2,1H3,(H,30,33). The Hall–Kier alpha value is -3.56. The van der Waals surface area contributed by atoms with Gasteiger partial charge in [0, 0.05) is 24.0 Å². The number of aromatic nitrogens is 3. The number of ether oxygens (including phenoxy) is 2. The molecule has 1 saturated heterocycles. The predicted octanol–water partition coefficient (Wildman–Crippen LogP) is 4.18. The molecule has 1 aliphatic rings. The summed E-state index contributed by atoms with van der Waals surface area (Å²) in [6.45, 7) is -0.0991. The molecule has 1 aliphatic heterocycles. The molecule has 1 fully saturated rings. The molecule has 0 aromatic carbocycles. The number of nitrogens with zero attached hydrogens (tertiary/aromatic N) is 3. The van der Waals surface area contributed by atoms with E-state index >= 15 is 0 Å². The van der Waals surface area contributed by atoms with Crippen molar-refractivity contribution in [1.29, 1.82) is 0 Å². The third-order valence-corrected chi connectivity index (χ3v) is 7.44. The monoisotopic (exact) mass is 566 g/mol. The number of hydrogen-bond donors (Lipinski definition) is 1. The van der Waals surface area contributed by atoms with Gasteiger partial charge in [-0.25, -0.2) is 17.9 Å². The zero-order valence-corrected chi connectivity index (χ0v) is 20.4. The number of fused-ring (bicyclic) bond motifs is 1. The average Bonchev–Trinajstić information content (AvgIpc) is 3.20. The second kappa shape index (κ2) is 9.63. The summed E-state index contributed by atoms with van der Waals surface area (Å²) in [7, 11) is -3.29. The fourth-order valence-corrected chi connectivity index (χ4v) is 5.54. The summed E-state index contributed by atoms with van der Waals surface area (Å²) >= 11 is 0. The Morgan fingerprint density at radius 2 is 1.84 bits per heavy atom. The van der Waals surface area contributed by atoms with Crippen LogP contribution in [-0.2, 0) is 16.0 Å². The van der Waals surface area contributed by atoms with Gasteiger partial charge in [0.05, 0.1) is 17.0 Å². The van der Waals surface area contributed by atoms with Crippen molar-refractivity contribution in [2.24, 2.45) is 0 Å². The summed E-state index contributed by atoms with van der Waals surface area (Å²) in [6.07, 6.45) is -7.37. The number of hydrogen-bond acceptors (Lipinski definition) is 7. The van der Waals surface area contributed by atoms with Crippen LogP contribution in [0.15, 0.2) is 36.7 Å². The molecule has 1 amide bonds. The van der Waals surface area contributed by atoms with Gasteiger partial charge >= 0.3 is 12.4 Å². The first-order chi connectivity index (χ1) is 17.6. The SMILES string of the molecule is CC1(NC(=O)c2nn3ccc(Oc4ncccc4OCC(F)(F)F)cc3c2C(F)(F)F)CCS(=O)(=O)CC1. The maximum absolute atomic E-state index is 14.1. The molecule has 9 nitrogen and oxygen atoms in total. The molecule has 4 rings (SSSR count). The molecule has 0 aliphatic carbocycles. The lowest BCUT2D eigenvalue weighted by molar-refractivity contribution is -0.153. The minimum absolute atomic E-state index is 0.0244. The lowest BCUT2D eigenvalue weighted by Gasteiger charge is -2.34. The van der Waals surface area contributed by atoms with E-state index in [1.54, 1.807) is 6.92 Å². The van der Waals surface area contributed by atoms with Crippen LogP contribution in [0.2, 0.25) is 0 Å². The zero-order valence-electron chi connectivity index (χ0n) is 19.6. The van der Waals surface area contributed by atoms with Crippen molar-refractivity contribution in [3.8, 4) is 17.4 Å². The number of sulfone groups is 1. The molecule has 3 aromatic rings. The van der Waals surface area contributed by atoms with E-state index < -0.39 is 68.6 Å². The Labute approximate surface area is 211 Å². The second-order valence-corrected chi connectivity index (χ2v) is 11.2. The summed E-state index contributed by atoms with van der Waals surface area (Å²) in [5.41, 5.74) is -3.93. The maximum atomic E-state index is 14.1. The molecule has 1 N–H and O–H groups in total. The van der Waals surface area contributed by atoms with Crippen molar-refractivity contribution in [1.82, 2.24) is 19.9 Å². The van der Waals surface area contributed by atoms with Crippen molar-refractivity contribution in [3.05, 3.63) is 47.9 Å². The summed E-state index contributed by atoms with van der Waals surface area (Å²) in [5.74, 6) is -2.63. The average molecular weight is 566 g/mol. The number of rotatable bonds is 6. The van der Waals surface area contributed by atoms with E-state index in [1.807, 2.05) is 0 Å². The fourth-order valence-electron chi connectivity index (χ4n) is 3.81. The molecular weight excluding hydrogens is 546 g/mol. The fraction of sp³-hybridized carbons (Fsp3) is 0.409. The molecule has 0 unspecified atom stereocenters. The lowest BCUT2D eigenvalue weighted by atomic mass is 9.94. The summed E-state index contributed by atoms with van der Waals surface area (Å²) in [6, 6.07) is 4.51. The van der Waals surface area contributed by atoms with Gasteiger partial charge < -0.3 is 14.8 Å². The first kappa shape index (κ1) is 27.5. The van der Waals surface area contributed by atoms with Crippen LogP contribution in [0.25, 0.3) is 5.52 Å². The van der Waals surface area contributed by atoms with E-state index in [0.717, 1.165) is 22.8 Å². The van der Waals surface area contributed by atoms with Gasteiger partial charge in [0.25, 0.3) is 11.8 Å². The highest BCUT2D eigenvalue weighted by molar-refractivity contribution is 7.91. The molecule has 0 radical (unpaired) electrons. The number of halogens is 6. The third-order valence-electron chi connectivity index (χ3n) is 5.79. The van der Waals surface area contributed by atoms with Crippen LogP contribution in [0.3, 0.4) is 0 Å². The van der Waals surface area contributed by atoms with Gasteiger partial charge in [0.15, 0.2) is 18.1 Å². The largest absolute Gasteiger partial charge is 0.478 e. The van der Waals surface area contributed by atoms with Gasteiger partial charge in [-0.05, 0) is 38.0 Å². The minimum atomic E-state index is -5.03. The van der Waals surface area contributed by atoms with Gasteiger partial charge in [-0.2, -0.15) is 31.4 Å². The van der Waals surface area contributed by atoms with E-state index in [2.05, 4.69) is 20.1 Å². The molecule has 4 heterocycles. The van der Waals surface area contributed by atoms with Gasteiger partial charge in [-0.1, -0.05) is 0 Å². The Bertz CT molecular complexity index is 1460. The quantitative estimate of drug-likeness (QED) is 0.446. The molecule has 0 bridgehead atoms. The van der Waals surface area contributed by atoms with Crippen LogP contribution in [-0.4, -0.2) is 58.8 Å². The van der Waals surface area contributed by atoms with Gasteiger partial charge in [0.1, 0.15) is 21.2 Å². The van der Waals surface area contributed by atoms with Gasteiger partial charge in [-0.15, -0.1) is 0 Å². The molecule has 0 spiro atoms. The van der Waals surface area contributed by atoms with E-state index in [9.17, 15) is 39.6 Å². The first-order valence-corrected chi connectivity index (χ1v) is 12.8. The highest BCUT2D eigenvalue weighted by atomic mass is 32.2. The van der Waals surface area contributed by atoms with Crippen LogP contribution >= 0.6 is 0 Å². The van der Waals surface area contributed by atoms with E-state index in [0.29, 0.717) is 0 Å². The highest BCUT2D eigenvalue weighted by Crippen LogP contribution is 2.38. The minimum Gasteiger partial charge on any atom is -0.478 e. The number of carbonyl (C=O) groups excluding carboxylic acids is 1. The molecular formula is C22H20F6N4O5S. The second-order valence-electron chi connectivity index (χ2n) is 8.89. The van der Waals surface area contributed by atoms with Crippen LogP contribution in [0.1, 0.15) is 35.8 Å². The normalized spacial score (nSPS) is 17.2. The summed E-state index contributed by atoms with van der Waals surface area (Å²) in [5, 5.41) is 6.25. The van der Waals surface area contributed by atoms with Crippen molar-refractivity contribution in [2.75, 3.05) is 18.1 Å². The lowest BCUT2D eigenvalue weighted by Crippen LogP contribution is -2.51. The van der Waals surface area contributed by atoms with Gasteiger partial charge in [0.2, 0.25) is 0 Å². The smallest absolute Gasteiger partial charge is 0.422 e. The number of pyridine rings is 2. The van der Waals surface area contributed by atoms with Crippen LogP contribution < -0.4 is 14.8 Å². The maximum Gasteiger partial charge on any atom is 0.422 e. The first-order valence-electron chi connectivity index (χ1n) is 11.0. The third kappa shape index (κ3) is 6.28. The van der Waals surface area contributed by atoms with E-state index in [1.165, 1.54) is 18.3 Å². The molecule has 0 saturated carbocycles. The van der Waals surface area contributed by atoms with E-state index in [-0.39, 0.29) is 30.1 Å². The Kier molecular flexibility index (Phi) is 6.96. The highest BCUT2D eigenvalue weighted by Gasteiger charge is 2.42. The molecule has 16 heteroatoms. The molecule has 206 valence electrons. The molecule has 38 heavy (non-hydrogen) atoms. The number of amides is 1. The number of alkyl halides is 6. The number of nitrogens with one attached hydrogen (secondary N) is 1. The Morgan fingerprint density at radius 1 is 1.16 bits per heavy atom. The number of carbonyl (C=O) groups is 1. The zero-order chi connectivity index (χ0) is 27.9.